The molecule has 1 aromatic heterocycles. The molecule has 0 aliphatic heterocycles. The van der Waals surface area contributed by atoms with Gasteiger partial charge in [0.15, 0.2) is 0 Å². The molecule has 1 rings (SSSR count). The topological polar surface area (TPSA) is 28.2 Å². The van der Waals surface area contributed by atoms with Gasteiger partial charge in [0.1, 0.15) is 0 Å². The number of aromatic nitrogens is 1. The number of pyridine rings is 1. The minimum atomic E-state index is 0.329. The molecule has 102 valence electrons. The van der Waals surface area contributed by atoms with E-state index in [2.05, 4.69) is 68.1 Å². The molecule has 1 heterocycles. The normalized spacial score (nSPS) is 12.1. The maximum atomic E-state index is 4.68. The van der Waals surface area contributed by atoms with E-state index >= 15 is 0 Å². The summed E-state index contributed by atoms with van der Waals surface area (Å²) in [4.78, 5) is 7.01. The Balaban J connectivity index is 2.56. The van der Waals surface area contributed by atoms with Crippen molar-refractivity contribution >= 4 is 0 Å². The standard InChI is InChI=1S/C15H27N3/c1-6-16-10-13-8-7-9-14(17-13)11-18(5)12-15(2,3)4/h7-9,16H,6,10-12H2,1-5H3. The molecule has 0 bridgehead atoms. The van der Waals surface area contributed by atoms with Gasteiger partial charge < -0.3 is 10.2 Å². The van der Waals surface area contributed by atoms with E-state index in [0.29, 0.717) is 5.41 Å². The molecule has 0 spiro atoms. The zero-order valence-corrected chi connectivity index (χ0v) is 12.5. The first-order chi connectivity index (χ1) is 8.40. The summed E-state index contributed by atoms with van der Waals surface area (Å²) in [6.07, 6.45) is 0. The zero-order chi connectivity index (χ0) is 13.6. The minimum Gasteiger partial charge on any atom is -0.311 e. The van der Waals surface area contributed by atoms with Gasteiger partial charge in [-0.2, -0.15) is 0 Å². The van der Waals surface area contributed by atoms with Crippen LogP contribution in [0, 0.1) is 5.41 Å². The van der Waals surface area contributed by atoms with Crippen LogP contribution < -0.4 is 5.32 Å². The largest absolute Gasteiger partial charge is 0.311 e. The first-order valence-electron chi connectivity index (χ1n) is 6.75. The molecule has 0 saturated carbocycles. The molecule has 0 amide bonds. The van der Waals surface area contributed by atoms with Gasteiger partial charge >= 0.3 is 0 Å². The fourth-order valence-corrected chi connectivity index (χ4v) is 2.11. The third kappa shape index (κ3) is 6.12. The van der Waals surface area contributed by atoms with Crippen molar-refractivity contribution in [1.29, 1.82) is 0 Å². The molecular weight excluding hydrogens is 222 g/mol. The number of nitrogens with one attached hydrogen (secondary N) is 1. The predicted molar refractivity (Wildman–Crippen MR) is 77.4 cm³/mol. The van der Waals surface area contributed by atoms with Crippen LogP contribution in [0.4, 0.5) is 0 Å². The van der Waals surface area contributed by atoms with Crippen LogP contribution >= 0.6 is 0 Å². The van der Waals surface area contributed by atoms with Gasteiger partial charge in [-0.1, -0.05) is 33.8 Å². The Morgan fingerprint density at radius 2 is 1.89 bits per heavy atom. The van der Waals surface area contributed by atoms with Crippen molar-refractivity contribution in [1.82, 2.24) is 15.2 Å². The number of rotatable bonds is 6. The van der Waals surface area contributed by atoms with Crippen LogP contribution in [-0.4, -0.2) is 30.0 Å². The Morgan fingerprint density at radius 3 is 2.50 bits per heavy atom. The highest BCUT2D eigenvalue weighted by Gasteiger charge is 2.13. The smallest absolute Gasteiger partial charge is 0.0547 e. The van der Waals surface area contributed by atoms with Crippen LogP contribution in [0.15, 0.2) is 18.2 Å². The summed E-state index contributed by atoms with van der Waals surface area (Å²) in [6, 6.07) is 6.28. The molecule has 0 aromatic carbocycles. The summed E-state index contributed by atoms with van der Waals surface area (Å²) in [7, 11) is 2.16. The van der Waals surface area contributed by atoms with Crippen molar-refractivity contribution in [3.63, 3.8) is 0 Å². The van der Waals surface area contributed by atoms with Gasteiger partial charge in [-0.3, -0.25) is 4.98 Å². The highest BCUT2D eigenvalue weighted by Crippen LogP contribution is 2.15. The van der Waals surface area contributed by atoms with Gasteiger partial charge in [0.25, 0.3) is 0 Å². The Bertz CT molecular complexity index is 355. The lowest BCUT2D eigenvalue weighted by Crippen LogP contribution is -2.29. The lowest BCUT2D eigenvalue weighted by atomic mass is 9.96. The SMILES string of the molecule is CCNCc1cccc(CN(C)CC(C)(C)C)n1. The van der Waals surface area contributed by atoms with Crippen molar-refractivity contribution in [2.75, 3.05) is 20.1 Å². The van der Waals surface area contributed by atoms with E-state index in [4.69, 9.17) is 0 Å². The highest BCUT2D eigenvalue weighted by molar-refractivity contribution is 5.11. The molecule has 0 aliphatic rings. The van der Waals surface area contributed by atoms with Gasteiger partial charge in [-0.15, -0.1) is 0 Å². The summed E-state index contributed by atoms with van der Waals surface area (Å²) >= 11 is 0. The van der Waals surface area contributed by atoms with Crippen molar-refractivity contribution in [2.45, 2.75) is 40.8 Å². The quantitative estimate of drug-likeness (QED) is 0.840. The van der Waals surface area contributed by atoms with Gasteiger partial charge in [0.05, 0.1) is 11.4 Å². The first-order valence-corrected chi connectivity index (χ1v) is 6.75. The molecule has 0 saturated heterocycles. The summed E-state index contributed by atoms with van der Waals surface area (Å²) in [5.41, 5.74) is 2.60. The average Bonchev–Trinajstić information content (AvgIpc) is 2.24. The molecule has 0 atom stereocenters. The Morgan fingerprint density at radius 1 is 1.22 bits per heavy atom. The summed E-state index contributed by atoms with van der Waals surface area (Å²) < 4.78 is 0. The Kier molecular flexibility index (Phi) is 5.76. The van der Waals surface area contributed by atoms with Gasteiger partial charge in [-0.25, -0.2) is 0 Å². The number of hydrogen-bond acceptors (Lipinski definition) is 3. The first kappa shape index (κ1) is 15.1. The van der Waals surface area contributed by atoms with Crippen molar-refractivity contribution in [3.05, 3.63) is 29.6 Å². The van der Waals surface area contributed by atoms with E-state index in [1.54, 1.807) is 0 Å². The summed E-state index contributed by atoms with van der Waals surface area (Å²) in [5, 5.41) is 3.31. The second-order valence-electron chi connectivity index (χ2n) is 6.13. The van der Waals surface area contributed by atoms with E-state index in [-0.39, 0.29) is 0 Å². The molecule has 0 unspecified atom stereocenters. The molecule has 3 nitrogen and oxygen atoms in total. The zero-order valence-electron chi connectivity index (χ0n) is 12.5. The molecule has 1 aromatic rings. The molecule has 0 fully saturated rings. The van der Waals surface area contributed by atoms with E-state index in [0.717, 1.165) is 37.6 Å². The van der Waals surface area contributed by atoms with Gasteiger partial charge in [0.2, 0.25) is 0 Å². The number of nitrogens with zero attached hydrogens (tertiary/aromatic N) is 2. The fourth-order valence-electron chi connectivity index (χ4n) is 2.11. The third-order valence-electron chi connectivity index (χ3n) is 2.60. The summed E-state index contributed by atoms with van der Waals surface area (Å²) in [6.45, 7) is 12.7. The lowest BCUT2D eigenvalue weighted by Gasteiger charge is -2.26. The molecule has 18 heavy (non-hydrogen) atoms. The van der Waals surface area contributed by atoms with Crippen LogP contribution in [0.3, 0.4) is 0 Å². The van der Waals surface area contributed by atoms with Crippen LogP contribution in [0.25, 0.3) is 0 Å². The molecule has 3 heteroatoms. The van der Waals surface area contributed by atoms with E-state index in [9.17, 15) is 0 Å². The van der Waals surface area contributed by atoms with Crippen LogP contribution in [0.1, 0.15) is 39.1 Å². The minimum absolute atomic E-state index is 0.329. The van der Waals surface area contributed by atoms with E-state index in [1.165, 1.54) is 0 Å². The maximum Gasteiger partial charge on any atom is 0.0547 e. The lowest BCUT2D eigenvalue weighted by molar-refractivity contribution is 0.219. The number of hydrogen-bond donors (Lipinski definition) is 1. The second kappa shape index (κ2) is 6.86. The highest BCUT2D eigenvalue weighted by atomic mass is 15.1. The van der Waals surface area contributed by atoms with Crippen molar-refractivity contribution < 1.29 is 0 Å². The Hall–Kier alpha value is -0.930. The van der Waals surface area contributed by atoms with E-state index < -0.39 is 0 Å². The average molecular weight is 249 g/mol. The monoisotopic (exact) mass is 249 g/mol. The maximum absolute atomic E-state index is 4.68. The second-order valence-corrected chi connectivity index (χ2v) is 6.13. The Labute approximate surface area is 112 Å². The third-order valence-corrected chi connectivity index (χ3v) is 2.60. The fraction of sp³-hybridized carbons (Fsp3) is 0.667. The van der Waals surface area contributed by atoms with Crippen molar-refractivity contribution in [3.8, 4) is 0 Å². The predicted octanol–water partition coefficient (Wildman–Crippen LogP) is 2.67. The van der Waals surface area contributed by atoms with Crippen LogP contribution in [0.2, 0.25) is 0 Å². The molecular formula is C15H27N3. The van der Waals surface area contributed by atoms with Crippen LogP contribution in [-0.2, 0) is 13.1 Å². The van der Waals surface area contributed by atoms with Gasteiger partial charge in [0, 0.05) is 19.6 Å². The molecule has 0 aliphatic carbocycles. The van der Waals surface area contributed by atoms with E-state index in [1.807, 2.05) is 0 Å². The summed E-state index contributed by atoms with van der Waals surface area (Å²) in [5.74, 6) is 0. The van der Waals surface area contributed by atoms with Gasteiger partial charge in [-0.05, 0) is 31.1 Å². The van der Waals surface area contributed by atoms with Crippen LogP contribution in [0.5, 0.6) is 0 Å². The molecule has 1 N–H and O–H groups in total. The van der Waals surface area contributed by atoms with Crippen molar-refractivity contribution in [2.24, 2.45) is 5.41 Å². The molecule has 0 radical (unpaired) electrons.